The van der Waals surface area contributed by atoms with Crippen LogP contribution in [0, 0.1) is 13.8 Å². The van der Waals surface area contributed by atoms with E-state index in [1.165, 1.54) is 18.2 Å². The third-order valence-corrected chi connectivity index (χ3v) is 4.54. The number of rotatable bonds is 4. The van der Waals surface area contributed by atoms with Gasteiger partial charge in [-0.1, -0.05) is 24.3 Å². The third kappa shape index (κ3) is 4.24. The van der Waals surface area contributed by atoms with Crippen molar-refractivity contribution in [1.82, 2.24) is 0 Å². The molecule has 28 heavy (non-hydrogen) atoms. The summed E-state index contributed by atoms with van der Waals surface area (Å²) in [6, 6.07) is 9.26. The summed E-state index contributed by atoms with van der Waals surface area (Å²) in [6.07, 6.45) is -4.60. The van der Waals surface area contributed by atoms with Crippen molar-refractivity contribution in [3.05, 3.63) is 80.7 Å². The predicted molar refractivity (Wildman–Crippen MR) is 96.9 cm³/mol. The highest BCUT2D eigenvalue weighted by Gasteiger charge is 2.30. The molecule has 0 radical (unpaired) electrons. The molecule has 1 aromatic heterocycles. The Morgan fingerprint density at radius 2 is 1.75 bits per heavy atom. The standard InChI is InChI=1S/C21H17F3O4/c1-12-3-8-17-15(10-19(26)28-20(17)13(12)2)11-27-18(25)9-14-4-6-16(7-5-14)21(22,23)24/h3-8,10H,9,11H2,1-2H3. The number of hydrogen-bond donors (Lipinski definition) is 0. The monoisotopic (exact) mass is 390 g/mol. The number of benzene rings is 2. The molecule has 0 amide bonds. The summed E-state index contributed by atoms with van der Waals surface area (Å²) in [6.45, 7) is 3.59. The van der Waals surface area contributed by atoms with Gasteiger partial charge in [0.05, 0.1) is 12.0 Å². The van der Waals surface area contributed by atoms with Crippen LogP contribution >= 0.6 is 0 Å². The third-order valence-electron chi connectivity index (χ3n) is 4.54. The Hall–Kier alpha value is -3.09. The Bertz CT molecular complexity index is 1080. The molecule has 3 rings (SSSR count). The lowest BCUT2D eigenvalue weighted by Gasteiger charge is -2.10. The molecule has 0 aliphatic heterocycles. The predicted octanol–water partition coefficient (Wildman–Crippen LogP) is 4.71. The van der Waals surface area contributed by atoms with Gasteiger partial charge < -0.3 is 9.15 Å². The first-order valence-corrected chi connectivity index (χ1v) is 8.50. The summed E-state index contributed by atoms with van der Waals surface area (Å²) in [5.74, 6) is -0.606. The number of hydrogen-bond acceptors (Lipinski definition) is 4. The fourth-order valence-corrected chi connectivity index (χ4v) is 2.83. The number of carbonyl (C=O) groups is 1. The van der Waals surface area contributed by atoms with E-state index in [1.54, 1.807) is 6.07 Å². The highest BCUT2D eigenvalue weighted by molar-refractivity contribution is 5.84. The fraction of sp³-hybridized carbons (Fsp3) is 0.238. The van der Waals surface area contributed by atoms with Crippen molar-refractivity contribution in [3.63, 3.8) is 0 Å². The minimum atomic E-state index is -4.43. The first-order valence-electron chi connectivity index (χ1n) is 8.50. The van der Waals surface area contributed by atoms with Crippen LogP contribution in [0.1, 0.15) is 27.8 Å². The molecule has 0 atom stereocenters. The van der Waals surface area contributed by atoms with Crippen LogP contribution in [0.4, 0.5) is 13.2 Å². The van der Waals surface area contributed by atoms with E-state index >= 15 is 0 Å². The number of ether oxygens (including phenoxy) is 1. The topological polar surface area (TPSA) is 56.5 Å². The van der Waals surface area contributed by atoms with Crippen LogP contribution in [0.2, 0.25) is 0 Å². The number of aryl methyl sites for hydroxylation is 2. The maximum absolute atomic E-state index is 12.6. The Morgan fingerprint density at radius 3 is 2.39 bits per heavy atom. The van der Waals surface area contributed by atoms with Crippen LogP contribution in [0.5, 0.6) is 0 Å². The number of fused-ring (bicyclic) bond motifs is 1. The molecular weight excluding hydrogens is 373 g/mol. The maximum atomic E-state index is 12.6. The normalized spacial score (nSPS) is 11.6. The van der Waals surface area contributed by atoms with E-state index in [4.69, 9.17) is 9.15 Å². The number of alkyl halides is 3. The molecule has 0 N–H and O–H groups in total. The summed E-state index contributed by atoms with van der Waals surface area (Å²) in [5.41, 5.74) is 1.82. The fourth-order valence-electron chi connectivity index (χ4n) is 2.83. The zero-order valence-corrected chi connectivity index (χ0v) is 15.2. The zero-order chi connectivity index (χ0) is 20.5. The summed E-state index contributed by atoms with van der Waals surface area (Å²) >= 11 is 0. The minimum absolute atomic E-state index is 0.135. The highest BCUT2D eigenvalue weighted by atomic mass is 19.4. The Kier molecular flexibility index (Phi) is 5.27. The molecule has 0 saturated heterocycles. The van der Waals surface area contributed by atoms with Gasteiger partial charge in [-0.15, -0.1) is 0 Å². The lowest BCUT2D eigenvalue weighted by atomic mass is 10.0. The largest absolute Gasteiger partial charge is 0.461 e. The average Bonchev–Trinajstić information content (AvgIpc) is 2.63. The summed E-state index contributed by atoms with van der Waals surface area (Å²) in [7, 11) is 0. The van der Waals surface area contributed by atoms with E-state index in [0.29, 0.717) is 22.1 Å². The van der Waals surface area contributed by atoms with Gasteiger partial charge in [-0.2, -0.15) is 13.2 Å². The molecule has 146 valence electrons. The van der Waals surface area contributed by atoms with E-state index in [2.05, 4.69) is 0 Å². The Morgan fingerprint density at radius 1 is 1.07 bits per heavy atom. The Labute approximate surface area is 158 Å². The van der Waals surface area contributed by atoms with E-state index in [9.17, 15) is 22.8 Å². The molecule has 4 nitrogen and oxygen atoms in total. The molecule has 0 spiro atoms. The van der Waals surface area contributed by atoms with Crippen LogP contribution in [0.3, 0.4) is 0 Å². The van der Waals surface area contributed by atoms with E-state index in [0.717, 1.165) is 23.3 Å². The van der Waals surface area contributed by atoms with Gasteiger partial charge in [-0.05, 0) is 42.7 Å². The quantitative estimate of drug-likeness (QED) is 0.478. The second kappa shape index (κ2) is 7.50. The molecule has 1 heterocycles. The molecule has 7 heteroatoms. The van der Waals surface area contributed by atoms with Crippen molar-refractivity contribution < 1.29 is 27.1 Å². The van der Waals surface area contributed by atoms with Crippen LogP contribution in [0.15, 0.2) is 51.7 Å². The van der Waals surface area contributed by atoms with Crippen LogP contribution in [0.25, 0.3) is 11.0 Å². The van der Waals surface area contributed by atoms with Gasteiger partial charge in [0.2, 0.25) is 0 Å². The van der Waals surface area contributed by atoms with Gasteiger partial charge in [0, 0.05) is 17.0 Å². The molecular formula is C21H17F3O4. The van der Waals surface area contributed by atoms with E-state index < -0.39 is 23.3 Å². The number of esters is 1. The first-order chi connectivity index (χ1) is 13.1. The lowest BCUT2D eigenvalue weighted by molar-refractivity contribution is -0.144. The Balaban J connectivity index is 1.73. The summed E-state index contributed by atoms with van der Waals surface area (Å²) in [5, 5.41) is 0.671. The molecule has 0 fully saturated rings. The van der Waals surface area contributed by atoms with Crippen molar-refractivity contribution in [2.24, 2.45) is 0 Å². The minimum Gasteiger partial charge on any atom is -0.461 e. The highest BCUT2D eigenvalue weighted by Crippen LogP contribution is 2.29. The molecule has 0 aliphatic carbocycles. The second-order valence-corrected chi connectivity index (χ2v) is 6.51. The van der Waals surface area contributed by atoms with Gasteiger partial charge in [0.15, 0.2) is 0 Å². The molecule has 3 aromatic rings. The second-order valence-electron chi connectivity index (χ2n) is 6.51. The van der Waals surface area contributed by atoms with Crippen molar-refractivity contribution in [2.75, 3.05) is 0 Å². The smallest absolute Gasteiger partial charge is 0.416 e. The van der Waals surface area contributed by atoms with Crippen molar-refractivity contribution in [1.29, 1.82) is 0 Å². The maximum Gasteiger partial charge on any atom is 0.416 e. The number of halogens is 3. The van der Waals surface area contributed by atoms with E-state index in [1.807, 2.05) is 19.9 Å². The molecule has 0 bridgehead atoms. The van der Waals surface area contributed by atoms with Crippen molar-refractivity contribution >= 4 is 16.9 Å². The first kappa shape index (κ1) is 19.7. The molecule has 2 aromatic carbocycles. The number of carbonyl (C=O) groups excluding carboxylic acids is 1. The summed E-state index contributed by atoms with van der Waals surface area (Å²) < 4.78 is 48.2. The molecule has 0 saturated carbocycles. The summed E-state index contributed by atoms with van der Waals surface area (Å²) in [4.78, 5) is 23.9. The average molecular weight is 390 g/mol. The van der Waals surface area contributed by atoms with Gasteiger partial charge >= 0.3 is 17.8 Å². The van der Waals surface area contributed by atoms with Crippen LogP contribution in [-0.4, -0.2) is 5.97 Å². The van der Waals surface area contributed by atoms with Gasteiger partial charge in [-0.3, -0.25) is 4.79 Å². The van der Waals surface area contributed by atoms with Gasteiger partial charge in [0.1, 0.15) is 12.2 Å². The van der Waals surface area contributed by atoms with Crippen LogP contribution < -0.4 is 5.63 Å². The van der Waals surface area contributed by atoms with Crippen molar-refractivity contribution in [2.45, 2.75) is 33.1 Å². The molecule has 0 aliphatic rings. The van der Waals surface area contributed by atoms with Crippen LogP contribution in [-0.2, 0) is 28.7 Å². The SMILES string of the molecule is Cc1ccc2c(COC(=O)Cc3ccc(C(F)(F)F)cc3)cc(=O)oc2c1C. The lowest BCUT2D eigenvalue weighted by Crippen LogP contribution is -2.11. The van der Waals surface area contributed by atoms with Gasteiger partial charge in [-0.25, -0.2) is 4.79 Å². The zero-order valence-electron chi connectivity index (χ0n) is 15.2. The van der Waals surface area contributed by atoms with Crippen molar-refractivity contribution in [3.8, 4) is 0 Å². The molecule has 0 unspecified atom stereocenters. The van der Waals surface area contributed by atoms with E-state index in [-0.39, 0.29) is 13.0 Å². The van der Waals surface area contributed by atoms with Gasteiger partial charge in [0.25, 0.3) is 0 Å².